The summed E-state index contributed by atoms with van der Waals surface area (Å²) in [7, 11) is 1.51. The number of urea groups is 1. The molecule has 6 rings (SSSR count). The van der Waals surface area contributed by atoms with Gasteiger partial charge in [-0.15, -0.1) is 4.36 Å². The Morgan fingerprint density at radius 1 is 1.20 bits per heavy atom. The van der Waals surface area contributed by atoms with Crippen molar-refractivity contribution in [2.45, 2.75) is 56.5 Å². The molecule has 1 N–H and O–H groups in total. The van der Waals surface area contributed by atoms with Gasteiger partial charge in [-0.2, -0.15) is 0 Å². The van der Waals surface area contributed by atoms with Crippen LogP contribution in [0.25, 0.3) is 0 Å². The first-order valence-corrected chi connectivity index (χ1v) is 17.9. The molecule has 1 unspecified atom stereocenters. The molecule has 2 aliphatic heterocycles. The quantitative estimate of drug-likeness (QED) is 0.399. The van der Waals surface area contributed by atoms with Gasteiger partial charge < -0.3 is 19.3 Å². The van der Waals surface area contributed by atoms with Crippen molar-refractivity contribution in [3.8, 4) is 5.75 Å². The van der Waals surface area contributed by atoms with Gasteiger partial charge in [-0.25, -0.2) is 9.00 Å². The molecule has 1 saturated carbocycles. The molecule has 2 bridgehead atoms. The Labute approximate surface area is 271 Å². The second-order valence-electron chi connectivity index (χ2n) is 13.1. The van der Waals surface area contributed by atoms with Crippen molar-refractivity contribution in [3.05, 3.63) is 70.3 Å². The standard InChI is InChI=1S/C34H43ClN4O5S/c1-38(2)33(41)37-45(42)17-6-4-5-9-30(43-3)27-13-10-25(27)20-39-21-34(16-7-8-23-18-26(35)12-14-28(23)34)22-44-31-15-11-24(19-29(31)39)32(40)36-45/h5,9,11-12,14-15,18-19,25,27,30H,4,6-8,10,13,16-17,20-22H2,1-3H3,(H,36,37,40,41,42)/b9-5-/t25-,27+,30-,34-,45?/m0/s1. The molecule has 0 aromatic heterocycles. The number of allylic oxidation sites excluding steroid dienone is 1. The molecule has 0 saturated heterocycles. The average molecular weight is 655 g/mol. The van der Waals surface area contributed by atoms with E-state index in [0.29, 0.717) is 42.6 Å². The minimum Gasteiger partial charge on any atom is -0.490 e. The van der Waals surface area contributed by atoms with Gasteiger partial charge in [-0.05, 0) is 98.2 Å². The van der Waals surface area contributed by atoms with E-state index in [1.54, 1.807) is 27.3 Å². The molecule has 2 heterocycles. The van der Waals surface area contributed by atoms with Crippen molar-refractivity contribution >= 4 is 39.1 Å². The summed E-state index contributed by atoms with van der Waals surface area (Å²) in [6, 6.07) is 11.0. The molecule has 242 valence electrons. The molecule has 2 aliphatic carbocycles. The number of rotatable bonds is 2. The number of carbonyl (C=O) groups is 2. The molecule has 1 fully saturated rings. The Hall–Kier alpha value is -3.08. The van der Waals surface area contributed by atoms with Crippen LogP contribution in [0, 0.1) is 11.8 Å². The summed E-state index contributed by atoms with van der Waals surface area (Å²) in [5.41, 5.74) is 3.46. The largest absolute Gasteiger partial charge is 0.490 e. The number of amides is 3. The van der Waals surface area contributed by atoms with Crippen LogP contribution in [0.5, 0.6) is 5.75 Å². The van der Waals surface area contributed by atoms with Crippen LogP contribution in [-0.4, -0.2) is 73.8 Å². The van der Waals surface area contributed by atoms with Gasteiger partial charge in [0.05, 0.1) is 24.2 Å². The fourth-order valence-corrected chi connectivity index (χ4v) is 9.16. The number of anilines is 1. The molecule has 11 heteroatoms. The number of ether oxygens (including phenoxy) is 2. The smallest absolute Gasteiger partial charge is 0.329 e. The highest BCUT2D eigenvalue weighted by Gasteiger charge is 2.44. The predicted molar refractivity (Wildman–Crippen MR) is 178 cm³/mol. The summed E-state index contributed by atoms with van der Waals surface area (Å²) in [4.78, 5) is 29.9. The maximum absolute atomic E-state index is 13.9. The Morgan fingerprint density at radius 3 is 2.80 bits per heavy atom. The molecule has 1 spiro atoms. The van der Waals surface area contributed by atoms with E-state index in [2.05, 4.69) is 38.3 Å². The fraction of sp³-hybridized carbons (Fsp3) is 0.529. The third-order valence-electron chi connectivity index (χ3n) is 9.91. The van der Waals surface area contributed by atoms with Gasteiger partial charge in [0.15, 0.2) is 0 Å². The van der Waals surface area contributed by atoms with E-state index in [-0.39, 0.29) is 17.3 Å². The highest BCUT2D eigenvalue weighted by molar-refractivity contribution is 7.92. The number of nitrogens with one attached hydrogen (secondary N) is 1. The summed E-state index contributed by atoms with van der Waals surface area (Å²) >= 11 is 6.42. The summed E-state index contributed by atoms with van der Waals surface area (Å²) in [6.07, 6.45) is 10.5. The lowest BCUT2D eigenvalue weighted by atomic mass is 9.68. The first-order valence-electron chi connectivity index (χ1n) is 15.9. The second kappa shape index (κ2) is 13.0. The number of methoxy groups -OCH3 is 1. The van der Waals surface area contributed by atoms with Crippen molar-refractivity contribution < 1.29 is 23.3 Å². The molecule has 9 nitrogen and oxygen atoms in total. The van der Waals surface area contributed by atoms with Crippen LogP contribution in [0.4, 0.5) is 10.5 Å². The third-order valence-corrected chi connectivity index (χ3v) is 11.9. The monoisotopic (exact) mass is 654 g/mol. The van der Waals surface area contributed by atoms with E-state index in [1.165, 1.54) is 16.0 Å². The maximum atomic E-state index is 13.9. The molecule has 2 aromatic carbocycles. The lowest BCUT2D eigenvalue weighted by Crippen LogP contribution is -2.49. The predicted octanol–water partition coefficient (Wildman–Crippen LogP) is 6.00. The van der Waals surface area contributed by atoms with Crippen LogP contribution in [0.3, 0.4) is 0 Å². The zero-order valence-electron chi connectivity index (χ0n) is 26.3. The van der Waals surface area contributed by atoms with E-state index >= 15 is 0 Å². The van der Waals surface area contributed by atoms with E-state index in [9.17, 15) is 13.8 Å². The number of hydrogen-bond donors (Lipinski definition) is 1. The van der Waals surface area contributed by atoms with Crippen molar-refractivity contribution in [1.82, 2.24) is 9.62 Å². The molecule has 5 atom stereocenters. The van der Waals surface area contributed by atoms with E-state index in [1.807, 2.05) is 18.2 Å². The number of fused-ring (bicyclic) bond motifs is 4. The SMILES string of the molecule is CO[C@H]1/C=C\CCCS(=O)(NC(=O)N(C)C)=NC(=O)c2ccc3c(c2)N(C[C@@H]2CC[C@H]21)C[C@@]1(CCCc2cc(Cl)ccc21)CO3. The number of hydrogen-bond acceptors (Lipinski definition) is 6. The molecule has 0 radical (unpaired) electrons. The Kier molecular flexibility index (Phi) is 9.19. The maximum Gasteiger partial charge on any atom is 0.329 e. The summed E-state index contributed by atoms with van der Waals surface area (Å²) in [5, 5.41) is 0.745. The molecular formula is C34H43ClN4O5S. The second-order valence-corrected chi connectivity index (χ2v) is 15.6. The van der Waals surface area contributed by atoms with E-state index < -0.39 is 21.9 Å². The molecular weight excluding hydrogens is 612 g/mol. The normalized spacial score (nSPS) is 30.4. The summed E-state index contributed by atoms with van der Waals surface area (Å²) in [6.45, 7) is 2.05. The first-order chi connectivity index (χ1) is 21.6. The van der Waals surface area contributed by atoms with Gasteiger partial charge in [0, 0.05) is 50.3 Å². The van der Waals surface area contributed by atoms with Gasteiger partial charge in [-0.1, -0.05) is 29.8 Å². The van der Waals surface area contributed by atoms with Crippen LogP contribution in [-0.2, 0) is 26.5 Å². The van der Waals surface area contributed by atoms with Crippen LogP contribution in [0.2, 0.25) is 5.02 Å². The van der Waals surface area contributed by atoms with Gasteiger partial charge in [0.2, 0.25) is 0 Å². The number of halogens is 1. The van der Waals surface area contributed by atoms with Crippen LogP contribution in [0.15, 0.2) is 52.9 Å². The minimum atomic E-state index is -3.37. The van der Waals surface area contributed by atoms with Crippen molar-refractivity contribution in [1.29, 1.82) is 0 Å². The topological polar surface area (TPSA) is 101 Å². The van der Waals surface area contributed by atoms with Crippen molar-refractivity contribution in [2.75, 3.05) is 51.6 Å². The Bertz CT molecular complexity index is 1620. The highest BCUT2D eigenvalue weighted by Crippen LogP contribution is 2.47. The average Bonchev–Trinajstić information content (AvgIpc) is 3.14. The third kappa shape index (κ3) is 6.60. The van der Waals surface area contributed by atoms with Crippen LogP contribution in [0.1, 0.15) is 60.0 Å². The summed E-state index contributed by atoms with van der Waals surface area (Å²) in [5.74, 6) is 0.920. The van der Waals surface area contributed by atoms with Gasteiger partial charge in [0.1, 0.15) is 15.7 Å². The van der Waals surface area contributed by atoms with Gasteiger partial charge in [0.25, 0.3) is 5.91 Å². The molecule has 3 amide bonds. The number of aryl methyl sites for hydroxylation is 1. The van der Waals surface area contributed by atoms with E-state index in [0.717, 1.165) is 55.9 Å². The number of benzene rings is 2. The Balaban J connectivity index is 1.44. The summed E-state index contributed by atoms with van der Waals surface area (Å²) < 4.78 is 33.2. The number of nitrogens with zero attached hydrogens (tertiary/aromatic N) is 3. The first kappa shape index (κ1) is 31.9. The molecule has 4 aliphatic rings. The van der Waals surface area contributed by atoms with Crippen molar-refractivity contribution in [3.63, 3.8) is 0 Å². The molecule has 45 heavy (non-hydrogen) atoms. The number of carbonyl (C=O) groups excluding carboxylic acids is 2. The zero-order valence-corrected chi connectivity index (χ0v) is 27.9. The Morgan fingerprint density at radius 2 is 2.04 bits per heavy atom. The van der Waals surface area contributed by atoms with Crippen molar-refractivity contribution in [2.24, 2.45) is 16.2 Å². The van der Waals surface area contributed by atoms with Gasteiger partial charge >= 0.3 is 6.03 Å². The lowest BCUT2D eigenvalue weighted by molar-refractivity contribution is 0.0132. The van der Waals surface area contributed by atoms with Crippen LogP contribution >= 0.6 is 11.6 Å². The minimum absolute atomic E-state index is 0.0266. The van der Waals surface area contributed by atoms with Crippen LogP contribution < -0.4 is 14.4 Å². The van der Waals surface area contributed by atoms with Gasteiger partial charge in [-0.3, -0.25) is 9.52 Å². The zero-order chi connectivity index (χ0) is 31.8. The highest BCUT2D eigenvalue weighted by atomic mass is 35.5. The lowest BCUT2D eigenvalue weighted by Gasteiger charge is -2.46. The van der Waals surface area contributed by atoms with E-state index in [4.69, 9.17) is 21.1 Å². The fourth-order valence-electron chi connectivity index (χ4n) is 7.34. The molecule has 2 aromatic rings.